The van der Waals surface area contributed by atoms with Crippen LogP contribution in [-0.4, -0.2) is 94.8 Å². The minimum Gasteiger partial charge on any atom is -0.508 e. The fraction of sp³-hybridized carbons (Fsp3) is 0.611. The Kier molecular flexibility index (Phi) is 33.9. The van der Waals surface area contributed by atoms with Gasteiger partial charge in [0.05, 0.1) is 6.61 Å². The summed E-state index contributed by atoms with van der Waals surface area (Å²) in [5, 5.41) is 44.2. The molecule has 5 N–H and O–H groups in total. The van der Waals surface area contributed by atoms with E-state index in [1.54, 1.807) is 12.1 Å². The van der Waals surface area contributed by atoms with Gasteiger partial charge in [0.15, 0.2) is 12.4 Å². The largest absolute Gasteiger partial charge is 0.508 e. The molecule has 66 heavy (non-hydrogen) atoms. The summed E-state index contributed by atoms with van der Waals surface area (Å²) in [6.07, 6.45) is 36.2. The molecule has 0 bridgehead atoms. The van der Waals surface area contributed by atoms with Gasteiger partial charge in [0.1, 0.15) is 36.8 Å². The van der Waals surface area contributed by atoms with E-state index in [1.807, 2.05) is 0 Å². The average molecular weight is 922 g/mol. The Hall–Kier alpha value is -4.33. The number of carbonyl (C=O) groups is 3. The van der Waals surface area contributed by atoms with Crippen LogP contribution in [0.25, 0.3) is 0 Å². The molecule has 12 heteroatoms. The highest BCUT2D eigenvalue weighted by Gasteiger charge is 2.44. The number of phenols is 1. The Morgan fingerprint density at radius 2 is 1.11 bits per heavy atom. The summed E-state index contributed by atoms with van der Waals surface area (Å²) < 4.78 is 22.8. The predicted octanol–water partition coefficient (Wildman–Crippen LogP) is 9.90. The number of aliphatic hydroxyl groups is 3. The Morgan fingerprint density at radius 3 is 1.67 bits per heavy atom. The van der Waals surface area contributed by atoms with Crippen molar-refractivity contribution in [2.75, 3.05) is 19.8 Å². The van der Waals surface area contributed by atoms with Gasteiger partial charge in [-0.05, 0) is 101 Å². The second-order valence-electron chi connectivity index (χ2n) is 16.8. The van der Waals surface area contributed by atoms with Crippen molar-refractivity contribution in [3.05, 3.63) is 103 Å². The van der Waals surface area contributed by atoms with Gasteiger partial charge in [-0.3, -0.25) is 14.4 Å². The molecule has 1 amide bonds. The third-order valence-electron chi connectivity index (χ3n) is 11.0. The van der Waals surface area contributed by atoms with Crippen LogP contribution in [0.2, 0.25) is 0 Å². The molecular weight excluding hydrogens is 839 g/mol. The quantitative estimate of drug-likeness (QED) is 0.0244. The van der Waals surface area contributed by atoms with Crippen LogP contribution in [0.1, 0.15) is 154 Å². The van der Waals surface area contributed by atoms with Crippen LogP contribution < -0.4 is 5.32 Å². The highest BCUT2D eigenvalue weighted by Crippen LogP contribution is 2.23. The molecule has 0 spiro atoms. The van der Waals surface area contributed by atoms with Crippen molar-refractivity contribution < 1.29 is 53.8 Å². The maximum atomic E-state index is 13.0. The van der Waals surface area contributed by atoms with Gasteiger partial charge in [-0.15, -0.1) is 0 Å². The summed E-state index contributed by atoms with van der Waals surface area (Å²) in [4.78, 5) is 38.3. The molecule has 1 aliphatic rings. The number of aromatic hydroxyl groups is 1. The monoisotopic (exact) mass is 922 g/mol. The third-order valence-corrected chi connectivity index (χ3v) is 11.0. The van der Waals surface area contributed by atoms with Crippen molar-refractivity contribution in [3.63, 3.8) is 0 Å². The lowest BCUT2D eigenvalue weighted by Crippen LogP contribution is -2.60. The molecule has 1 fully saturated rings. The predicted molar refractivity (Wildman–Crippen MR) is 261 cm³/mol. The van der Waals surface area contributed by atoms with Crippen molar-refractivity contribution in [2.24, 2.45) is 0 Å². The number of unbranched alkanes of at least 4 members (excludes halogenated alkanes) is 10. The molecular formula is C54H83NO11. The van der Waals surface area contributed by atoms with Gasteiger partial charge in [0.2, 0.25) is 5.91 Å². The van der Waals surface area contributed by atoms with Gasteiger partial charge in [0, 0.05) is 25.8 Å². The first-order valence-corrected chi connectivity index (χ1v) is 24.7. The Labute approximate surface area is 395 Å². The van der Waals surface area contributed by atoms with Crippen LogP contribution in [0, 0.1) is 0 Å². The van der Waals surface area contributed by atoms with Crippen molar-refractivity contribution >= 4 is 17.8 Å². The first-order valence-electron chi connectivity index (χ1n) is 24.7. The normalized spacial score (nSPS) is 19.6. The lowest BCUT2D eigenvalue weighted by atomic mass is 9.98. The van der Waals surface area contributed by atoms with Gasteiger partial charge in [-0.2, -0.15) is 0 Å². The number of phenolic OH excluding ortho intramolecular Hbond substituents is 1. The van der Waals surface area contributed by atoms with Crippen molar-refractivity contribution in [1.29, 1.82) is 0 Å². The minimum absolute atomic E-state index is 0.128. The number of aryl methyl sites for hydroxylation is 1. The standard InChI is InChI=1S/C54H83NO11/c1-3-5-7-9-11-13-15-17-19-21-23-25-27-29-31-33-49(58)63-42-46(65-50(59)34-32-30-28-26-24-22-20-18-16-14-12-10-8-6-4-2)43-64-54-53(62)52(61)51(60)47(66-54)41-55-48(57)40-37-44-35-38-45(56)39-36-44/h5-8,11-14,17-20,35-36,38-39,46-47,51-54,56,60-62H,3-4,9-10,15-16,21-34,37,40-43H2,1-2H3,(H,55,57)/b7-5-,8-6-,13-11-,14-12-,19-17-,20-18-/t46-,47-,51-,52+,53-,54-/m1/s1. The number of hydrogen-bond donors (Lipinski definition) is 5. The molecule has 1 aliphatic heterocycles. The summed E-state index contributed by atoms with van der Waals surface area (Å²) in [5.74, 6) is -1.09. The second-order valence-corrected chi connectivity index (χ2v) is 16.8. The second kappa shape index (κ2) is 38.7. The summed E-state index contributed by atoms with van der Waals surface area (Å²) in [6.45, 7) is 3.49. The van der Waals surface area contributed by atoms with E-state index in [2.05, 4.69) is 92.1 Å². The zero-order chi connectivity index (χ0) is 47.9. The Balaban J connectivity index is 1.81. The van der Waals surface area contributed by atoms with Gasteiger partial charge >= 0.3 is 11.9 Å². The van der Waals surface area contributed by atoms with E-state index in [0.717, 1.165) is 108 Å². The van der Waals surface area contributed by atoms with Crippen molar-refractivity contribution in [3.8, 4) is 5.75 Å². The van der Waals surface area contributed by atoms with Crippen LogP contribution >= 0.6 is 0 Å². The molecule has 0 saturated carbocycles. The minimum atomic E-state index is -1.65. The highest BCUT2D eigenvalue weighted by molar-refractivity contribution is 5.76. The van der Waals surface area contributed by atoms with Gasteiger partial charge in [0.25, 0.3) is 0 Å². The zero-order valence-electron chi connectivity index (χ0n) is 40.0. The first-order chi connectivity index (χ1) is 32.1. The fourth-order valence-electron chi connectivity index (χ4n) is 7.04. The van der Waals surface area contributed by atoms with E-state index in [0.29, 0.717) is 19.3 Å². The van der Waals surface area contributed by atoms with Gasteiger partial charge in [-0.1, -0.05) is 137 Å². The van der Waals surface area contributed by atoms with Crippen LogP contribution in [-0.2, 0) is 39.8 Å². The molecule has 1 saturated heterocycles. The van der Waals surface area contributed by atoms with Gasteiger partial charge in [-0.25, -0.2) is 0 Å². The number of carbonyl (C=O) groups excluding carboxylic acids is 3. The van der Waals surface area contributed by atoms with E-state index in [1.165, 1.54) is 12.1 Å². The Morgan fingerprint density at radius 1 is 0.606 bits per heavy atom. The number of hydrogen-bond acceptors (Lipinski definition) is 11. The van der Waals surface area contributed by atoms with E-state index in [-0.39, 0.29) is 50.7 Å². The summed E-state index contributed by atoms with van der Waals surface area (Å²) in [5.41, 5.74) is 0.856. The molecule has 0 unspecified atom stereocenters. The maximum absolute atomic E-state index is 13.0. The third kappa shape index (κ3) is 29.3. The molecule has 6 atom stereocenters. The van der Waals surface area contributed by atoms with Crippen LogP contribution in [0.3, 0.4) is 0 Å². The summed E-state index contributed by atoms with van der Waals surface area (Å²) >= 11 is 0. The topological polar surface area (TPSA) is 181 Å². The lowest BCUT2D eigenvalue weighted by molar-refractivity contribution is -0.299. The van der Waals surface area contributed by atoms with Crippen molar-refractivity contribution in [2.45, 2.75) is 192 Å². The molecule has 1 aromatic carbocycles. The van der Waals surface area contributed by atoms with E-state index in [9.17, 15) is 34.8 Å². The fourth-order valence-corrected chi connectivity index (χ4v) is 7.04. The van der Waals surface area contributed by atoms with E-state index < -0.39 is 48.7 Å². The molecule has 0 radical (unpaired) electrons. The molecule has 1 aromatic rings. The number of aliphatic hydroxyl groups excluding tert-OH is 3. The Bertz CT molecular complexity index is 1600. The molecule has 0 aromatic heterocycles. The number of ether oxygens (including phenoxy) is 4. The highest BCUT2D eigenvalue weighted by atomic mass is 16.7. The van der Waals surface area contributed by atoms with Crippen LogP contribution in [0.4, 0.5) is 0 Å². The number of nitrogens with one attached hydrogen (secondary N) is 1. The lowest BCUT2D eigenvalue weighted by Gasteiger charge is -2.40. The number of allylic oxidation sites excluding steroid dienone is 12. The van der Waals surface area contributed by atoms with Crippen LogP contribution in [0.5, 0.6) is 5.75 Å². The molecule has 2 rings (SSSR count). The number of amides is 1. The molecule has 1 heterocycles. The van der Waals surface area contributed by atoms with Gasteiger partial charge < -0.3 is 44.7 Å². The SMILES string of the molecule is CC/C=C\C/C=C\C/C=C\CCCCCCCC(=O)OC[C@H](CO[C@@H]1O[C@H](CNC(=O)CCc2ccc(O)cc2)[C@@H](O)[C@H](O)[C@H]1O)OC(=O)CCCCCCC/C=C\C/C=C\C/C=C\CC. The summed E-state index contributed by atoms with van der Waals surface area (Å²) in [7, 11) is 0. The number of benzene rings is 1. The maximum Gasteiger partial charge on any atom is 0.306 e. The van der Waals surface area contributed by atoms with E-state index in [4.69, 9.17) is 18.9 Å². The molecule has 12 nitrogen and oxygen atoms in total. The molecule has 370 valence electrons. The van der Waals surface area contributed by atoms with Crippen molar-refractivity contribution in [1.82, 2.24) is 5.32 Å². The average Bonchev–Trinajstić information content (AvgIpc) is 3.31. The van der Waals surface area contributed by atoms with E-state index >= 15 is 0 Å². The zero-order valence-corrected chi connectivity index (χ0v) is 40.0. The number of esters is 2. The smallest absolute Gasteiger partial charge is 0.306 e. The first kappa shape index (κ1) is 57.8. The summed E-state index contributed by atoms with van der Waals surface area (Å²) in [6, 6.07) is 6.51. The van der Waals surface area contributed by atoms with Crippen LogP contribution in [0.15, 0.2) is 97.2 Å². The molecule has 0 aliphatic carbocycles. The number of rotatable bonds is 37.